The zero-order chi connectivity index (χ0) is 17.5. The maximum Gasteiger partial charge on any atom is 2.00 e. The molecule has 0 atom stereocenters. The van der Waals surface area contributed by atoms with Gasteiger partial charge in [-0.2, -0.15) is 35.4 Å². The Bertz CT molecular complexity index is 785. The van der Waals surface area contributed by atoms with Crippen LogP contribution in [0.3, 0.4) is 0 Å². The largest absolute Gasteiger partial charge is 2.00 e. The van der Waals surface area contributed by atoms with E-state index < -0.39 is 0 Å². The molecule has 1 aromatic heterocycles. The average Bonchev–Trinajstić information content (AvgIpc) is 2.97. The molecule has 0 saturated heterocycles. The predicted octanol–water partition coefficient (Wildman–Crippen LogP) is 4.76. The fraction of sp³-hybridized carbons (Fsp3) is 0.238. The van der Waals surface area contributed by atoms with Gasteiger partial charge in [-0.05, 0) is 13.0 Å². The molecular formula is C21H23NO2U. The van der Waals surface area contributed by atoms with Crippen LogP contribution in [0.1, 0.15) is 28.4 Å². The summed E-state index contributed by atoms with van der Waals surface area (Å²) in [5.41, 5.74) is 4.10. The average molecular weight is 559 g/mol. The van der Waals surface area contributed by atoms with Crippen LogP contribution in [-0.4, -0.2) is 17.1 Å². The molecule has 0 bridgehead atoms. The van der Waals surface area contributed by atoms with Crippen LogP contribution in [0, 0.1) is 58.0 Å². The third-order valence-electron chi connectivity index (χ3n) is 3.65. The molecule has 0 spiro atoms. The molecule has 4 heteroatoms. The number of ether oxygens (including phenoxy) is 1. The summed E-state index contributed by atoms with van der Waals surface area (Å²) < 4.78 is 6.97. The zero-order valence-corrected chi connectivity index (χ0v) is 19.2. The van der Waals surface area contributed by atoms with E-state index in [-0.39, 0.29) is 37.1 Å². The van der Waals surface area contributed by atoms with E-state index in [0.717, 1.165) is 10.9 Å². The van der Waals surface area contributed by atoms with Crippen LogP contribution in [0.25, 0.3) is 10.9 Å². The van der Waals surface area contributed by atoms with Gasteiger partial charge in [0.25, 0.3) is 0 Å². The van der Waals surface area contributed by atoms with Gasteiger partial charge in [-0.1, -0.05) is 32.0 Å². The second-order valence-corrected chi connectivity index (χ2v) is 5.52. The van der Waals surface area contributed by atoms with Crippen molar-refractivity contribution >= 4 is 16.9 Å². The van der Waals surface area contributed by atoms with Crippen LogP contribution < -0.4 is 0 Å². The van der Waals surface area contributed by atoms with E-state index in [4.69, 9.17) is 4.74 Å². The van der Waals surface area contributed by atoms with Crippen molar-refractivity contribution in [2.75, 3.05) is 6.61 Å². The monoisotopic (exact) mass is 559 g/mol. The number of aromatic nitrogens is 1. The van der Waals surface area contributed by atoms with Gasteiger partial charge >= 0.3 is 37.1 Å². The van der Waals surface area contributed by atoms with Crippen LogP contribution in [0.4, 0.5) is 0 Å². The normalized spacial score (nSPS) is 9.76. The van der Waals surface area contributed by atoms with Crippen LogP contribution in [0.15, 0.2) is 48.7 Å². The Morgan fingerprint density at radius 2 is 1.92 bits per heavy atom. The van der Waals surface area contributed by atoms with E-state index in [0.29, 0.717) is 18.7 Å². The van der Waals surface area contributed by atoms with Crippen LogP contribution >= 0.6 is 0 Å². The van der Waals surface area contributed by atoms with Crippen molar-refractivity contribution in [3.05, 3.63) is 78.3 Å². The second kappa shape index (κ2) is 10.5. The molecule has 0 fully saturated rings. The topological polar surface area (TPSA) is 31.2 Å². The van der Waals surface area contributed by atoms with Gasteiger partial charge in [-0.3, -0.25) is 0 Å². The first-order chi connectivity index (χ1) is 11.6. The van der Waals surface area contributed by atoms with Gasteiger partial charge in [-0.25, -0.2) is 4.79 Å². The smallest absolute Gasteiger partial charge is 0.462 e. The van der Waals surface area contributed by atoms with Gasteiger partial charge < -0.3 is 16.2 Å². The van der Waals surface area contributed by atoms with Gasteiger partial charge in [-0.15, -0.1) is 6.54 Å². The van der Waals surface area contributed by atoms with E-state index in [1.54, 1.807) is 13.1 Å². The Hall–Kier alpha value is -1.50. The molecule has 0 N–H and O–H groups in total. The fourth-order valence-electron chi connectivity index (χ4n) is 2.38. The summed E-state index contributed by atoms with van der Waals surface area (Å²) >= 11 is 0. The minimum absolute atomic E-state index is 0. The van der Waals surface area contributed by atoms with E-state index in [1.807, 2.05) is 41.8 Å². The van der Waals surface area contributed by atoms with E-state index in [9.17, 15) is 4.79 Å². The van der Waals surface area contributed by atoms with Crippen molar-refractivity contribution < 1.29 is 40.6 Å². The van der Waals surface area contributed by atoms with Gasteiger partial charge in [0.2, 0.25) is 0 Å². The first-order valence-electron chi connectivity index (χ1n) is 8.06. The third kappa shape index (κ3) is 5.77. The molecule has 0 radical (unpaired) electrons. The third-order valence-corrected chi connectivity index (χ3v) is 3.65. The molecule has 0 amide bonds. The van der Waals surface area contributed by atoms with E-state index >= 15 is 0 Å². The molecule has 0 unspecified atom stereocenters. The number of carbonyl (C=O) groups is 1. The molecule has 1 heterocycles. The van der Waals surface area contributed by atoms with Crippen LogP contribution in [0.2, 0.25) is 0 Å². The molecule has 3 nitrogen and oxygen atoms in total. The van der Waals surface area contributed by atoms with Crippen molar-refractivity contribution in [1.82, 2.24) is 4.57 Å². The summed E-state index contributed by atoms with van der Waals surface area (Å²) in [7, 11) is 0. The van der Waals surface area contributed by atoms with E-state index in [1.165, 1.54) is 11.1 Å². The number of carbonyl (C=O) groups excluding carboxylic acids is 1. The number of aryl methyl sites for hydroxylation is 2. The molecule has 25 heavy (non-hydrogen) atoms. The predicted molar refractivity (Wildman–Crippen MR) is 98.0 cm³/mol. The molecule has 3 aromatic rings. The summed E-state index contributed by atoms with van der Waals surface area (Å²) in [6.07, 6.45) is 1.80. The summed E-state index contributed by atoms with van der Waals surface area (Å²) in [6, 6.07) is 17.0. The van der Waals surface area contributed by atoms with Crippen molar-refractivity contribution in [1.29, 1.82) is 0 Å². The number of fused-ring (bicyclic) bond motifs is 1. The Labute approximate surface area is 173 Å². The summed E-state index contributed by atoms with van der Waals surface area (Å²) in [5.74, 6) is -0.272. The summed E-state index contributed by atoms with van der Waals surface area (Å²) in [6.45, 7) is 10.7. The summed E-state index contributed by atoms with van der Waals surface area (Å²) in [5, 5.41) is 0.921. The number of hydrogen-bond donors (Lipinski definition) is 0. The Kier molecular flexibility index (Phi) is 9.03. The quantitative estimate of drug-likeness (QED) is 0.343. The first-order valence-corrected chi connectivity index (χ1v) is 8.06. The van der Waals surface area contributed by atoms with Crippen molar-refractivity contribution in [3.63, 3.8) is 0 Å². The van der Waals surface area contributed by atoms with Gasteiger partial charge in [0, 0.05) is 17.1 Å². The number of para-hydroxylation sites is 1. The number of nitrogens with zero attached hydrogens (tertiary/aromatic N) is 1. The van der Waals surface area contributed by atoms with Crippen molar-refractivity contribution in [2.45, 2.75) is 27.3 Å². The molecule has 0 saturated carbocycles. The molecule has 0 aliphatic carbocycles. The molecule has 128 valence electrons. The Morgan fingerprint density at radius 3 is 2.48 bits per heavy atom. The Morgan fingerprint density at radius 1 is 1.20 bits per heavy atom. The van der Waals surface area contributed by atoms with E-state index in [2.05, 4.69) is 32.0 Å². The standard InChI is InChI=1S/C13H14NO2.C8H9.U/c1-3-14-9-11(13(15)16-4-2)10-7-5-6-8-12(10)14;1-7-3-5-8(2)6-4-7;/h5-9H,1,3-4H2,2H3;3-5H,1-2H3;/q2*-1;+2. The number of esters is 1. The first kappa shape index (κ1) is 21.5. The minimum Gasteiger partial charge on any atom is -0.462 e. The fourth-order valence-corrected chi connectivity index (χ4v) is 2.38. The number of rotatable bonds is 3. The number of hydrogen-bond acceptors (Lipinski definition) is 2. The molecule has 0 aliphatic heterocycles. The van der Waals surface area contributed by atoms with Gasteiger partial charge in [0.15, 0.2) is 0 Å². The van der Waals surface area contributed by atoms with Crippen molar-refractivity contribution in [3.8, 4) is 0 Å². The number of benzene rings is 2. The van der Waals surface area contributed by atoms with Crippen LogP contribution in [-0.2, 0) is 11.3 Å². The van der Waals surface area contributed by atoms with Gasteiger partial charge in [0.1, 0.15) is 0 Å². The molecule has 3 rings (SSSR count). The molecule has 0 aliphatic rings. The van der Waals surface area contributed by atoms with Crippen molar-refractivity contribution in [2.24, 2.45) is 0 Å². The zero-order valence-electron chi connectivity index (χ0n) is 15.0. The minimum atomic E-state index is -0.272. The SMILES string of the molecule is Cc1[c-]cc(C)cc1.[CH2-]Cn1cc(C(=O)OCC)c2ccccc21.[U+2]. The Balaban J connectivity index is 0.000000295. The van der Waals surface area contributed by atoms with Gasteiger partial charge in [0.05, 0.1) is 12.2 Å². The molecule has 2 aromatic carbocycles. The second-order valence-electron chi connectivity index (χ2n) is 5.52. The van der Waals surface area contributed by atoms with Crippen LogP contribution in [0.5, 0.6) is 0 Å². The maximum absolute atomic E-state index is 11.7. The molecular weight excluding hydrogens is 536 g/mol. The maximum atomic E-state index is 11.7. The summed E-state index contributed by atoms with van der Waals surface area (Å²) in [4.78, 5) is 11.7.